The third-order valence-electron chi connectivity index (χ3n) is 2.70. The van der Waals surface area contributed by atoms with Gasteiger partial charge in [-0.2, -0.15) is 0 Å². The molecule has 0 atom stereocenters. The average Bonchev–Trinajstić information content (AvgIpc) is 2.33. The Morgan fingerprint density at radius 1 is 1.53 bits per heavy atom. The van der Waals surface area contributed by atoms with Crippen LogP contribution < -0.4 is 4.90 Å². The maximum Gasteiger partial charge on any atom is 0.412 e. The molecule has 0 fully saturated rings. The Labute approximate surface area is 87.1 Å². The SMILES string of the molecule is CC1(C)Cc2cc(F)ccc2N1C(=O)O. The van der Waals surface area contributed by atoms with Crippen LogP contribution in [-0.4, -0.2) is 16.7 Å². The number of benzene rings is 1. The van der Waals surface area contributed by atoms with Crippen molar-refractivity contribution in [1.29, 1.82) is 0 Å². The molecule has 2 rings (SSSR count). The average molecular weight is 209 g/mol. The van der Waals surface area contributed by atoms with Gasteiger partial charge in [-0.3, -0.25) is 4.90 Å². The fourth-order valence-corrected chi connectivity index (χ4v) is 2.15. The molecule has 1 aromatic rings. The molecule has 15 heavy (non-hydrogen) atoms. The molecular formula is C11H12FNO2. The molecule has 0 radical (unpaired) electrons. The van der Waals surface area contributed by atoms with E-state index in [0.29, 0.717) is 12.1 Å². The summed E-state index contributed by atoms with van der Waals surface area (Å²) in [6.07, 6.45) is -0.447. The molecule has 3 nitrogen and oxygen atoms in total. The number of hydrogen-bond donors (Lipinski definition) is 1. The van der Waals surface area contributed by atoms with Crippen LogP contribution in [0.15, 0.2) is 18.2 Å². The predicted octanol–water partition coefficient (Wildman–Crippen LogP) is 2.64. The first-order chi connectivity index (χ1) is 6.92. The molecule has 1 aliphatic heterocycles. The molecular weight excluding hydrogens is 197 g/mol. The van der Waals surface area contributed by atoms with Gasteiger partial charge in [0.05, 0.1) is 5.69 Å². The van der Waals surface area contributed by atoms with Gasteiger partial charge < -0.3 is 5.11 Å². The summed E-state index contributed by atoms with van der Waals surface area (Å²) in [4.78, 5) is 12.4. The summed E-state index contributed by atoms with van der Waals surface area (Å²) in [7, 11) is 0. The third kappa shape index (κ3) is 1.46. The molecule has 0 saturated heterocycles. The fourth-order valence-electron chi connectivity index (χ4n) is 2.15. The summed E-state index contributed by atoms with van der Waals surface area (Å²) in [5.41, 5.74) is 0.846. The minimum Gasteiger partial charge on any atom is -0.465 e. The lowest BCUT2D eigenvalue weighted by Crippen LogP contribution is -2.44. The van der Waals surface area contributed by atoms with Crippen LogP contribution in [0.4, 0.5) is 14.9 Å². The summed E-state index contributed by atoms with van der Waals surface area (Å²) in [5.74, 6) is -0.322. The molecule has 0 aromatic heterocycles. The number of hydrogen-bond acceptors (Lipinski definition) is 1. The molecule has 0 unspecified atom stereocenters. The van der Waals surface area contributed by atoms with Gasteiger partial charge in [0.25, 0.3) is 0 Å². The topological polar surface area (TPSA) is 40.5 Å². The van der Waals surface area contributed by atoms with Crippen LogP contribution in [0.2, 0.25) is 0 Å². The number of nitrogens with zero attached hydrogens (tertiary/aromatic N) is 1. The van der Waals surface area contributed by atoms with Crippen molar-refractivity contribution in [2.45, 2.75) is 25.8 Å². The monoisotopic (exact) mass is 209 g/mol. The minimum absolute atomic E-state index is 0.322. The highest BCUT2D eigenvalue weighted by atomic mass is 19.1. The van der Waals surface area contributed by atoms with E-state index >= 15 is 0 Å². The molecule has 1 aliphatic rings. The quantitative estimate of drug-likeness (QED) is 0.713. The van der Waals surface area contributed by atoms with Crippen molar-refractivity contribution in [3.8, 4) is 0 Å². The molecule has 0 spiro atoms. The highest BCUT2D eigenvalue weighted by Crippen LogP contribution is 2.38. The summed E-state index contributed by atoms with van der Waals surface area (Å²) < 4.78 is 13.0. The van der Waals surface area contributed by atoms with Crippen LogP contribution in [-0.2, 0) is 6.42 Å². The number of fused-ring (bicyclic) bond motifs is 1. The summed E-state index contributed by atoms with van der Waals surface area (Å²) in [6.45, 7) is 3.66. The van der Waals surface area contributed by atoms with Crippen molar-refractivity contribution in [1.82, 2.24) is 0 Å². The first-order valence-electron chi connectivity index (χ1n) is 4.73. The number of amides is 1. The Morgan fingerprint density at radius 3 is 2.80 bits per heavy atom. The zero-order chi connectivity index (χ0) is 11.2. The Morgan fingerprint density at radius 2 is 2.20 bits per heavy atom. The second kappa shape index (κ2) is 2.95. The Bertz CT molecular complexity index is 429. The van der Waals surface area contributed by atoms with Crippen molar-refractivity contribution in [3.63, 3.8) is 0 Å². The molecule has 4 heteroatoms. The second-order valence-electron chi connectivity index (χ2n) is 4.38. The first-order valence-corrected chi connectivity index (χ1v) is 4.73. The van der Waals surface area contributed by atoms with Gasteiger partial charge in [-0.1, -0.05) is 0 Å². The van der Waals surface area contributed by atoms with Gasteiger partial charge in [-0.05, 0) is 44.0 Å². The lowest BCUT2D eigenvalue weighted by atomic mass is 10.00. The highest BCUT2D eigenvalue weighted by Gasteiger charge is 2.40. The number of anilines is 1. The smallest absolute Gasteiger partial charge is 0.412 e. The maximum absolute atomic E-state index is 13.0. The number of carbonyl (C=O) groups is 1. The fraction of sp³-hybridized carbons (Fsp3) is 0.364. The van der Waals surface area contributed by atoms with Gasteiger partial charge in [0.2, 0.25) is 0 Å². The van der Waals surface area contributed by atoms with E-state index in [1.807, 2.05) is 13.8 Å². The largest absolute Gasteiger partial charge is 0.465 e. The van der Waals surface area contributed by atoms with Crippen LogP contribution >= 0.6 is 0 Å². The van der Waals surface area contributed by atoms with E-state index in [9.17, 15) is 9.18 Å². The second-order valence-corrected chi connectivity index (χ2v) is 4.38. The van der Waals surface area contributed by atoms with Gasteiger partial charge in [0.1, 0.15) is 5.82 Å². The van der Waals surface area contributed by atoms with Crippen molar-refractivity contribution in [2.75, 3.05) is 4.90 Å². The molecule has 0 bridgehead atoms. The molecule has 1 amide bonds. The highest BCUT2D eigenvalue weighted by molar-refractivity contribution is 5.90. The van der Waals surface area contributed by atoms with Crippen molar-refractivity contribution >= 4 is 11.8 Å². The predicted molar refractivity (Wildman–Crippen MR) is 54.7 cm³/mol. The summed E-state index contributed by atoms with van der Waals surface area (Å²) in [6, 6.07) is 4.21. The van der Waals surface area contributed by atoms with Gasteiger partial charge in [0.15, 0.2) is 0 Å². The molecule has 80 valence electrons. The van der Waals surface area contributed by atoms with Crippen LogP contribution in [0, 0.1) is 5.82 Å². The zero-order valence-electron chi connectivity index (χ0n) is 8.62. The van der Waals surface area contributed by atoms with E-state index in [1.54, 1.807) is 0 Å². The molecule has 0 aliphatic carbocycles. The third-order valence-corrected chi connectivity index (χ3v) is 2.70. The van der Waals surface area contributed by atoms with Crippen molar-refractivity contribution in [3.05, 3.63) is 29.6 Å². The van der Waals surface area contributed by atoms with Crippen LogP contribution in [0.5, 0.6) is 0 Å². The normalized spacial score (nSPS) is 17.7. The van der Waals surface area contributed by atoms with Gasteiger partial charge in [-0.25, -0.2) is 9.18 Å². The summed E-state index contributed by atoms with van der Waals surface area (Å²) in [5, 5.41) is 9.10. The van der Waals surface area contributed by atoms with Crippen LogP contribution in [0.3, 0.4) is 0 Å². The van der Waals surface area contributed by atoms with E-state index in [2.05, 4.69) is 0 Å². The summed E-state index contributed by atoms with van der Waals surface area (Å²) >= 11 is 0. The van der Waals surface area contributed by atoms with Crippen LogP contribution in [0.1, 0.15) is 19.4 Å². The van der Waals surface area contributed by atoms with Crippen molar-refractivity contribution in [2.24, 2.45) is 0 Å². The van der Waals surface area contributed by atoms with Crippen LogP contribution in [0.25, 0.3) is 0 Å². The Balaban J connectivity index is 2.54. The number of rotatable bonds is 0. The molecule has 1 heterocycles. The van der Waals surface area contributed by atoms with Gasteiger partial charge in [0, 0.05) is 5.54 Å². The van der Waals surface area contributed by atoms with E-state index in [1.165, 1.54) is 23.1 Å². The molecule has 0 saturated carbocycles. The van der Waals surface area contributed by atoms with Gasteiger partial charge in [-0.15, -0.1) is 0 Å². The van der Waals surface area contributed by atoms with E-state index in [-0.39, 0.29) is 5.82 Å². The van der Waals surface area contributed by atoms with Crippen molar-refractivity contribution < 1.29 is 14.3 Å². The lowest BCUT2D eigenvalue weighted by molar-refractivity contribution is 0.196. The number of carboxylic acid groups (broad SMARTS) is 1. The minimum atomic E-state index is -0.995. The molecule has 1 aromatic carbocycles. The molecule has 1 N–H and O–H groups in total. The van der Waals surface area contributed by atoms with E-state index in [0.717, 1.165) is 5.56 Å². The van der Waals surface area contributed by atoms with E-state index in [4.69, 9.17) is 5.11 Å². The van der Waals surface area contributed by atoms with E-state index < -0.39 is 11.6 Å². The first kappa shape index (κ1) is 9.96. The number of halogens is 1. The Hall–Kier alpha value is -1.58. The zero-order valence-corrected chi connectivity index (χ0v) is 8.62. The maximum atomic E-state index is 13.0. The Kier molecular flexibility index (Phi) is 1.96. The lowest BCUT2D eigenvalue weighted by Gasteiger charge is -2.29. The van der Waals surface area contributed by atoms with Gasteiger partial charge >= 0.3 is 6.09 Å². The standard InChI is InChI=1S/C11H12FNO2/c1-11(2)6-7-5-8(12)3-4-9(7)13(11)10(14)15/h3-5H,6H2,1-2H3,(H,14,15).